The average molecular weight is 415 g/mol. The van der Waals surface area contributed by atoms with Crippen LogP contribution >= 0.6 is 34.3 Å². The van der Waals surface area contributed by atoms with E-state index in [4.69, 9.17) is 11.6 Å². The zero-order valence-electron chi connectivity index (χ0n) is 13.6. The highest BCUT2D eigenvalue weighted by atomic mass is 35.5. The zero-order valence-corrected chi connectivity index (χ0v) is 16.0. The molecule has 2 heterocycles. The highest BCUT2D eigenvalue weighted by Gasteiger charge is 2.21. The average Bonchev–Trinajstić information content (AvgIpc) is 3.28. The molecule has 5 nitrogen and oxygen atoms in total. The molecule has 2 aromatic heterocycles. The number of anilines is 1. The number of carbonyl (C=O) groups excluding carboxylic acids is 1. The van der Waals surface area contributed by atoms with E-state index in [0.29, 0.717) is 15.5 Å². The Bertz CT molecular complexity index is 1170. The zero-order chi connectivity index (χ0) is 19.0. The molecule has 0 aliphatic heterocycles. The molecule has 0 atom stereocenters. The number of hydrogen-bond donors (Lipinski definition) is 2. The summed E-state index contributed by atoms with van der Waals surface area (Å²) in [5.74, 6) is -1.49. The second-order valence-electron chi connectivity index (χ2n) is 5.65. The van der Waals surface area contributed by atoms with Gasteiger partial charge in [0.05, 0.1) is 26.3 Å². The second kappa shape index (κ2) is 7.11. The molecule has 8 heteroatoms. The molecular formula is C19H11ClN2O3S2. The maximum Gasteiger partial charge on any atom is 0.339 e. The molecule has 4 aromatic rings. The number of fused-ring (bicyclic) bond motifs is 1. The van der Waals surface area contributed by atoms with Crippen molar-refractivity contribution in [1.29, 1.82) is 0 Å². The normalized spacial score (nSPS) is 10.9. The fourth-order valence-corrected chi connectivity index (χ4v) is 4.45. The Balaban J connectivity index is 1.68. The number of nitrogens with zero attached hydrogens (tertiary/aromatic N) is 1. The van der Waals surface area contributed by atoms with E-state index in [1.54, 1.807) is 47.3 Å². The van der Waals surface area contributed by atoms with Crippen molar-refractivity contribution < 1.29 is 14.7 Å². The van der Waals surface area contributed by atoms with Gasteiger partial charge in [-0.3, -0.25) is 4.79 Å². The summed E-state index contributed by atoms with van der Waals surface area (Å²) in [7, 11) is 0. The lowest BCUT2D eigenvalue weighted by Crippen LogP contribution is -2.14. The lowest BCUT2D eigenvalue weighted by molar-refractivity contribution is 0.0699. The molecule has 2 N–H and O–H groups in total. The molecule has 0 saturated carbocycles. The first-order valence-electron chi connectivity index (χ1n) is 7.78. The summed E-state index contributed by atoms with van der Waals surface area (Å²) >= 11 is 8.65. The van der Waals surface area contributed by atoms with Gasteiger partial charge in [0.2, 0.25) is 0 Å². The summed E-state index contributed by atoms with van der Waals surface area (Å²) in [6, 6.07) is 12.1. The molecule has 134 valence electrons. The number of hydrogen-bond acceptors (Lipinski definition) is 5. The lowest BCUT2D eigenvalue weighted by atomic mass is 10.1. The maximum absolute atomic E-state index is 12.6. The molecule has 0 saturated heterocycles. The van der Waals surface area contributed by atoms with Gasteiger partial charge in [-0.2, -0.15) is 0 Å². The molecule has 0 radical (unpaired) electrons. The minimum Gasteiger partial charge on any atom is -0.478 e. The van der Waals surface area contributed by atoms with Gasteiger partial charge in [0.15, 0.2) is 0 Å². The molecule has 27 heavy (non-hydrogen) atoms. The highest BCUT2D eigenvalue weighted by Crippen LogP contribution is 2.36. The van der Waals surface area contributed by atoms with Gasteiger partial charge in [-0.15, -0.1) is 22.7 Å². The van der Waals surface area contributed by atoms with Crippen LogP contribution in [-0.2, 0) is 0 Å². The first-order chi connectivity index (χ1) is 13.0. The molecular weight excluding hydrogens is 404 g/mol. The number of amides is 1. The Kier molecular flexibility index (Phi) is 4.65. The second-order valence-corrected chi connectivity index (χ2v) is 7.86. The van der Waals surface area contributed by atoms with Gasteiger partial charge in [0.1, 0.15) is 5.56 Å². The van der Waals surface area contributed by atoms with E-state index in [1.165, 1.54) is 22.7 Å². The van der Waals surface area contributed by atoms with E-state index < -0.39 is 5.97 Å². The summed E-state index contributed by atoms with van der Waals surface area (Å²) in [6.45, 7) is 0. The van der Waals surface area contributed by atoms with E-state index in [2.05, 4.69) is 10.3 Å². The highest BCUT2D eigenvalue weighted by molar-refractivity contribution is 7.16. The third-order valence-electron chi connectivity index (χ3n) is 3.95. The van der Waals surface area contributed by atoms with Gasteiger partial charge >= 0.3 is 5.97 Å². The number of thiazole rings is 1. The van der Waals surface area contributed by atoms with Crippen molar-refractivity contribution in [3.05, 3.63) is 69.5 Å². The van der Waals surface area contributed by atoms with Crippen LogP contribution in [0.4, 0.5) is 5.69 Å². The molecule has 0 aliphatic rings. The quantitative estimate of drug-likeness (QED) is 0.453. The third kappa shape index (κ3) is 3.44. The van der Waals surface area contributed by atoms with Crippen LogP contribution in [0.2, 0.25) is 5.02 Å². The van der Waals surface area contributed by atoms with Crippen LogP contribution in [0.1, 0.15) is 20.7 Å². The van der Waals surface area contributed by atoms with Gasteiger partial charge in [-0.05, 0) is 35.9 Å². The monoisotopic (exact) mass is 414 g/mol. The van der Waals surface area contributed by atoms with Crippen molar-refractivity contribution >= 4 is 62.1 Å². The lowest BCUT2D eigenvalue weighted by Gasteiger charge is -2.06. The largest absolute Gasteiger partial charge is 0.478 e. The fraction of sp³-hybridized carbons (Fsp3) is 0. The summed E-state index contributed by atoms with van der Waals surface area (Å²) in [4.78, 5) is 29.2. The van der Waals surface area contributed by atoms with Gasteiger partial charge in [-0.1, -0.05) is 23.7 Å². The summed E-state index contributed by atoms with van der Waals surface area (Å²) < 4.78 is 0.985. The minimum absolute atomic E-state index is 0.0606. The third-order valence-corrected chi connectivity index (χ3v) is 6.04. The molecule has 0 bridgehead atoms. The van der Waals surface area contributed by atoms with Gasteiger partial charge in [0, 0.05) is 16.0 Å². The topological polar surface area (TPSA) is 79.3 Å². The van der Waals surface area contributed by atoms with Crippen molar-refractivity contribution in [2.75, 3.05) is 5.32 Å². The van der Waals surface area contributed by atoms with Crippen LogP contribution in [0.15, 0.2) is 53.4 Å². The Morgan fingerprint density at radius 2 is 1.85 bits per heavy atom. The van der Waals surface area contributed by atoms with Crippen LogP contribution in [0, 0.1) is 0 Å². The number of carboxylic acids is 1. The standard InChI is InChI=1S/C19H11ClN2O3S2/c20-12-4-1-10(2-5-12)17-16(19(24)25)14(8-26-17)22-18(23)11-3-6-15-13(7-11)21-9-27-15/h1-9H,(H,22,23)(H,24,25). The Morgan fingerprint density at radius 3 is 2.59 bits per heavy atom. The number of aromatic carboxylic acids is 1. The smallest absolute Gasteiger partial charge is 0.339 e. The van der Waals surface area contributed by atoms with Crippen LogP contribution in [0.3, 0.4) is 0 Å². The fourth-order valence-electron chi connectivity index (χ4n) is 2.67. The molecule has 1 amide bonds. The SMILES string of the molecule is O=C(Nc1csc(-c2ccc(Cl)cc2)c1C(=O)O)c1ccc2scnc2c1. The Hall–Kier alpha value is -2.74. The van der Waals surface area contributed by atoms with E-state index in [9.17, 15) is 14.7 Å². The number of thiophene rings is 1. The van der Waals surface area contributed by atoms with Crippen molar-refractivity contribution in [3.63, 3.8) is 0 Å². The number of carboxylic acid groups (broad SMARTS) is 1. The molecule has 4 rings (SSSR count). The van der Waals surface area contributed by atoms with Gasteiger partial charge in [-0.25, -0.2) is 9.78 Å². The molecule has 0 fully saturated rings. The van der Waals surface area contributed by atoms with Crippen LogP contribution in [0.5, 0.6) is 0 Å². The number of halogens is 1. The summed E-state index contributed by atoms with van der Waals surface area (Å²) in [5.41, 5.74) is 3.92. The van der Waals surface area contributed by atoms with E-state index >= 15 is 0 Å². The maximum atomic E-state index is 12.6. The van der Waals surface area contributed by atoms with Crippen molar-refractivity contribution in [2.24, 2.45) is 0 Å². The molecule has 0 spiro atoms. The van der Waals surface area contributed by atoms with Crippen LogP contribution in [-0.4, -0.2) is 22.0 Å². The first-order valence-corrected chi connectivity index (χ1v) is 9.92. The summed E-state index contributed by atoms with van der Waals surface area (Å²) in [5, 5.41) is 14.6. The summed E-state index contributed by atoms with van der Waals surface area (Å²) in [6.07, 6.45) is 0. The number of rotatable bonds is 4. The number of aromatic nitrogens is 1. The van der Waals surface area contributed by atoms with E-state index in [1.807, 2.05) is 6.07 Å². The van der Waals surface area contributed by atoms with Gasteiger partial charge < -0.3 is 10.4 Å². The van der Waals surface area contributed by atoms with Crippen LogP contribution < -0.4 is 5.32 Å². The molecule has 2 aromatic carbocycles. The number of carbonyl (C=O) groups is 2. The van der Waals surface area contributed by atoms with E-state index in [-0.39, 0.29) is 17.2 Å². The Morgan fingerprint density at radius 1 is 1.07 bits per heavy atom. The molecule has 0 aliphatic carbocycles. The number of nitrogens with one attached hydrogen (secondary N) is 1. The predicted octanol–water partition coefficient (Wildman–Crippen LogP) is 5.63. The minimum atomic E-state index is -1.11. The van der Waals surface area contributed by atoms with Gasteiger partial charge in [0.25, 0.3) is 5.91 Å². The van der Waals surface area contributed by atoms with Crippen molar-refractivity contribution in [1.82, 2.24) is 4.98 Å². The van der Waals surface area contributed by atoms with E-state index in [0.717, 1.165) is 15.8 Å². The van der Waals surface area contributed by atoms with Crippen LogP contribution in [0.25, 0.3) is 20.7 Å². The molecule has 0 unspecified atom stereocenters. The van der Waals surface area contributed by atoms with Crippen molar-refractivity contribution in [2.45, 2.75) is 0 Å². The first kappa shape index (κ1) is 17.7. The van der Waals surface area contributed by atoms with Crippen molar-refractivity contribution in [3.8, 4) is 10.4 Å². The number of benzene rings is 2. The Labute approximate surface area is 166 Å². The predicted molar refractivity (Wildman–Crippen MR) is 109 cm³/mol.